The van der Waals surface area contributed by atoms with Crippen LogP contribution >= 0.6 is 0 Å². The summed E-state index contributed by atoms with van der Waals surface area (Å²) in [6.07, 6.45) is 1.27. The molecule has 1 aliphatic rings. The third-order valence-electron chi connectivity index (χ3n) is 3.77. The highest BCUT2D eigenvalue weighted by Crippen LogP contribution is 2.18. The van der Waals surface area contributed by atoms with E-state index in [0.29, 0.717) is 0 Å². The lowest BCUT2D eigenvalue weighted by molar-refractivity contribution is 0.173. The van der Waals surface area contributed by atoms with Crippen molar-refractivity contribution in [3.05, 3.63) is 0 Å². The van der Waals surface area contributed by atoms with Crippen LogP contribution in [0.25, 0.3) is 0 Å². The van der Waals surface area contributed by atoms with Crippen molar-refractivity contribution in [3.8, 4) is 0 Å². The minimum atomic E-state index is 0.743. The van der Waals surface area contributed by atoms with Gasteiger partial charge in [0.05, 0.1) is 0 Å². The van der Waals surface area contributed by atoms with E-state index < -0.39 is 0 Å². The highest BCUT2D eigenvalue weighted by Gasteiger charge is 2.25. The van der Waals surface area contributed by atoms with E-state index in [2.05, 4.69) is 37.9 Å². The maximum atomic E-state index is 3.48. The van der Waals surface area contributed by atoms with E-state index in [9.17, 15) is 0 Å². The zero-order valence-electron chi connectivity index (χ0n) is 10.2. The lowest BCUT2D eigenvalue weighted by Crippen LogP contribution is -2.38. The van der Waals surface area contributed by atoms with Crippen molar-refractivity contribution >= 4 is 0 Å². The predicted molar refractivity (Wildman–Crippen MR) is 62.5 cm³/mol. The lowest BCUT2D eigenvalue weighted by atomic mass is 9.97. The molecule has 0 spiro atoms. The molecule has 1 heterocycles. The summed E-state index contributed by atoms with van der Waals surface area (Å²) in [5.74, 6) is 1.72. The third kappa shape index (κ3) is 2.96. The fraction of sp³-hybridized carbons (Fsp3) is 1.00. The summed E-state index contributed by atoms with van der Waals surface area (Å²) in [7, 11) is 0. The van der Waals surface area contributed by atoms with E-state index in [-0.39, 0.29) is 0 Å². The van der Waals surface area contributed by atoms with E-state index in [0.717, 1.165) is 17.9 Å². The van der Waals surface area contributed by atoms with Crippen molar-refractivity contribution in [2.75, 3.05) is 26.2 Å². The lowest BCUT2D eigenvalue weighted by Gasteiger charge is -2.30. The van der Waals surface area contributed by atoms with Crippen LogP contribution in [0.5, 0.6) is 0 Å². The van der Waals surface area contributed by atoms with Crippen LogP contribution in [0.1, 0.15) is 34.1 Å². The first-order valence-electron chi connectivity index (χ1n) is 6.13. The molecule has 0 aromatic carbocycles. The highest BCUT2D eigenvalue weighted by molar-refractivity contribution is 4.81. The second-order valence-electron chi connectivity index (χ2n) is 4.74. The van der Waals surface area contributed by atoms with Crippen LogP contribution < -0.4 is 5.32 Å². The zero-order valence-corrected chi connectivity index (χ0v) is 10.2. The van der Waals surface area contributed by atoms with E-state index in [1.54, 1.807) is 0 Å². The Labute approximate surface area is 89.1 Å². The number of hydrogen-bond donors (Lipinski definition) is 1. The van der Waals surface area contributed by atoms with Crippen LogP contribution in [0.4, 0.5) is 0 Å². The Kier molecular flexibility index (Phi) is 4.90. The summed E-state index contributed by atoms with van der Waals surface area (Å²) in [5, 5.41) is 3.48. The molecule has 1 unspecified atom stereocenters. The van der Waals surface area contributed by atoms with E-state index >= 15 is 0 Å². The van der Waals surface area contributed by atoms with Gasteiger partial charge in [-0.3, -0.25) is 0 Å². The van der Waals surface area contributed by atoms with Crippen LogP contribution in [0, 0.1) is 11.8 Å². The van der Waals surface area contributed by atoms with Crippen LogP contribution in [-0.2, 0) is 0 Å². The number of nitrogens with one attached hydrogen (secondary N) is 1. The molecule has 2 heteroatoms. The summed E-state index contributed by atoms with van der Waals surface area (Å²) < 4.78 is 0. The summed E-state index contributed by atoms with van der Waals surface area (Å²) >= 11 is 0. The molecule has 3 atom stereocenters. The first-order valence-corrected chi connectivity index (χ1v) is 6.13. The highest BCUT2D eigenvalue weighted by atomic mass is 15.2. The maximum Gasteiger partial charge on any atom is 0.00643 e. The minimum Gasteiger partial charge on any atom is -0.316 e. The molecule has 1 fully saturated rings. The molecule has 84 valence electrons. The molecule has 1 rings (SSSR count). The van der Waals surface area contributed by atoms with Gasteiger partial charge >= 0.3 is 0 Å². The van der Waals surface area contributed by atoms with Crippen molar-refractivity contribution < 1.29 is 0 Å². The smallest absolute Gasteiger partial charge is 0.00643 e. The first kappa shape index (κ1) is 12.0. The molecule has 0 aliphatic carbocycles. The Morgan fingerprint density at radius 1 is 1.36 bits per heavy atom. The molecular formula is C12H26N2. The van der Waals surface area contributed by atoms with Gasteiger partial charge in [-0.05, 0) is 44.8 Å². The average molecular weight is 198 g/mol. The summed E-state index contributed by atoms with van der Waals surface area (Å²) in [4.78, 5) is 2.62. The normalized spacial score (nSPS) is 29.8. The van der Waals surface area contributed by atoms with E-state index in [1.165, 1.54) is 32.6 Å². The number of rotatable bonds is 5. The van der Waals surface area contributed by atoms with E-state index in [4.69, 9.17) is 0 Å². The molecule has 1 N–H and O–H groups in total. The molecule has 2 nitrogen and oxygen atoms in total. The summed E-state index contributed by atoms with van der Waals surface area (Å²) in [6, 6.07) is 0.743. The summed E-state index contributed by atoms with van der Waals surface area (Å²) in [6.45, 7) is 14.2. The fourth-order valence-electron chi connectivity index (χ4n) is 2.29. The van der Waals surface area contributed by atoms with E-state index in [1.807, 2.05) is 0 Å². The summed E-state index contributed by atoms with van der Waals surface area (Å²) in [5.41, 5.74) is 0. The fourth-order valence-corrected chi connectivity index (χ4v) is 2.29. The minimum absolute atomic E-state index is 0.743. The Balaban J connectivity index is 2.39. The van der Waals surface area contributed by atoms with Crippen LogP contribution in [0.3, 0.4) is 0 Å². The predicted octanol–water partition coefficient (Wildman–Crippen LogP) is 1.96. The van der Waals surface area contributed by atoms with Crippen molar-refractivity contribution in [1.82, 2.24) is 10.2 Å². The molecule has 0 amide bonds. The third-order valence-corrected chi connectivity index (χ3v) is 3.77. The number of hydrogen-bond acceptors (Lipinski definition) is 2. The topological polar surface area (TPSA) is 15.3 Å². The van der Waals surface area contributed by atoms with Gasteiger partial charge in [0, 0.05) is 12.6 Å². The maximum absolute atomic E-state index is 3.48. The second-order valence-corrected chi connectivity index (χ2v) is 4.74. The van der Waals surface area contributed by atoms with Gasteiger partial charge in [-0.25, -0.2) is 0 Å². The molecule has 14 heavy (non-hydrogen) atoms. The van der Waals surface area contributed by atoms with Gasteiger partial charge in [-0.1, -0.05) is 20.8 Å². The molecule has 0 aromatic heterocycles. The Morgan fingerprint density at radius 3 is 2.50 bits per heavy atom. The molecule has 0 aromatic rings. The largest absolute Gasteiger partial charge is 0.316 e. The molecule has 0 bridgehead atoms. The average Bonchev–Trinajstić information content (AvgIpc) is 2.59. The van der Waals surface area contributed by atoms with Crippen molar-refractivity contribution in [2.24, 2.45) is 11.8 Å². The van der Waals surface area contributed by atoms with Gasteiger partial charge < -0.3 is 10.2 Å². The monoisotopic (exact) mass is 198 g/mol. The Hall–Kier alpha value is -0.0800. The van der Waals surface area contributed by atoms with Crippen molar-refractivity contribution in [3.63, 3.8) is 0 Å². The standard InChI is InChI=1S/C12H26N2/c1-5-11(4)14(6-2)9-12-8-13-7-10(12)3/h10-13H,5-9H2,1-4H3/t10-,11?,12+/m1/s1. The Bertz CT molecular complexity index is 158. The van der Waals surface area contributed by atoms with Gasteiger partial charge in [-0.2, -0.15) is 0 Å². The van der Waals surface area contributed by atoms with Gasteiger partial charge in [0.15, 0.2) is 0 Å². The van der Waals surface area contributed by atoms with Crippen LogP contribution in [0.2, 0.25) is 0 Å². The van der Waals surface area contributed by atoms with Gasteiger partial charge in [-0.15, -0.1) is 0 Å². The quantitative estimate of drug-likeness (QED) is 0.726. The SMILES string of the molecule is CCC(C)N(CC)C[C@@H]1CNC[C@H]1C. The molecule has 1 saturated heterocycles. The van der Waals surface area contributed by atoms with Crippen molar-refractivity contribution in [2.45, 2.75) is 40.2 Å². The van der Waals surface area contributed by atoms with Gasteiger partial charge in [0.1, 0.15) is 0 Å². The molecule has 1 aliphatic heterocycles. The van der Waals surface area contributed by atoms with Crippen LogP contribution in [0.15, 0.2) is 0 Å². The van der Waals surface area contributed by atoms with Crippen molar-refractivity contribution in [1.29, 1.82) is 0 Å². The van der Waals surface area contributed by atoms with Gasteiger partial charge in [0.25, 0.3) is 0 Å². The van der Waals surface area contributed by atoms with Gasteiger partial charge in [0.2, 0.25) is 0 Å². The molecular weight excluding hydrogens is 172 g/mol. The molecule has 0 radical (unpaired) electrons. The number of nitrogens with zero attached hydrogens (tertiary/aromatic N) is 1. The second kappa shape index (κ2) is 5.72. The first-order chi connectivity index (χ1) is 6.69. The van der Waals surface area contributed by atoms with Crippen LogP contribution in [-0.4, -0.2) is 37.1 Å². The zero-order chi connectivity index (χ0) is 10.6. The Morgan fingerprint density at radius 2 is 2.07 bits per heavy atom. The molecule has 0 saturated carbocycles.